The Morgan fingerprint density at radius 3 is 2.89 bits per heavy atom. The van der Waals surface area contributed by atoms with Crippen LogP contribution in [0.2, 0.25) is 0 Å². The van der Waals surface area contributed by atoms with Crippen LogP contribution in [-0.2, 0) is 9.53 Å². The Morgan fingerprint density at radius 2 is 2.21 bits per heavy atom. The van der Waals surface area contributed by atoms with Gasteiger partial charge in [-0.25, -0.2) is 14.8 Å². The van der Waals surface area contributed by atoms with Crippen LogP contribution in [0.15, 0.2) is 18.7 Å². The minimum absolute atomic E-state index is 0.113. The van der Waals surface area contributed by atoms with Crippen LogP contribution in [0.4, 0.5) is 10.5 Å². The number of carbonyl (C=O) groups is 2. The van der Waals surface area contributed by atoms with Gasteiger partial charge in [-0.05, 0) is 0 Å². The van der Waals surface area contributed by atoms with Gasteiger partial charge in [0.05, 0.1) is 37.2 Å². The maximum Gasteiger partial charge on any atom is 0.322 e. The molecule has 0 aliphatic carbocycles. The lowest BCUT2D eigenvalue weighted by Crippen LogP contribution is -2.47. The van der Waals surface area contributed by atoms with Gasteiger partial charge in [0, 0.05) is 13.1 Å². The normalized spacial score (nSPS) is 18.9. The summed E-state index contributed by atoms with van der Waals surface area (Å²) in [6.45, 7) is 1.01. The van der Waals surface area contributed by atoms with Crippen LogP contribution in [0.5, 0.6) is 0 Å². The van der Waals surface area contributed by atoms with Crippen molar-refractivity contribution in [2.45, 2.75) is 12.5 Å². The summed E-state index contributed by atoms with van der Waals surface area (Å²) in [5, 5.41) is 11.4. The number of amides is 2. The Bertz CT molecular complexity index is 453. The molecule has 1 fully saturated rings. The number of nitrogens with one attached hydrogen (secondary N) is 1. The van der Waals surface area contributed by atoms with E-state index in [0.29, 0.717) is 18.8 Å². The van der Waals surface area contributed by atoms with E-state index in [1.54, 1.807) is 0 Å². The molecule has 1 aromatic heterocycles. The topological polar surface area (TPSA) is 105 Å². The molecule has 1 saturated heterocycles. The number of carboxylic acid groups (broad SMARTS) is 1. The van der Waals surface area contributed by atoms with Crippen molar-refractivity contribution < 1.29 is 19.4 Å². The first kappa shape index (κ1) is 13.2. The highest BCUT2D eigenvalue weighted by atomic mass is 16.5. The number of ether oxygens (including phenoxy) is 1. The van der Waals surface area contributed by atoms with Crippen molar-refractivity contribution in [3.8, 4) is 0 Å². The molecule has 102 valence electrons. The number of anilines is 1. The molecule has 2 amide bonds. The maximum atomic E-state index is 12.0. The first-order chi connectivity index (χ1) is 9.15. The number of morpholine rings is 1. The van der Waals surface area contributed by atoms with Gasteiger partial charge in [0.15, 0.2) is 0 Å². The summed E-state index contributed by atoms with van der Waals surface area (Å²) in [6.07, 6.45) is 3.76. The zero-order chi connectivity index (χ0) is 13.7. The largest absolute Gasteiger partial charge is 0.481 e. The lowest BCUT2D eigenvalue weighted by Gasteiger charge is -2.32. The lowest BCUT2D eigenvalue weighted by molar-refractivity contribution is -0.141. The van der Waals surface area contributed by atoms with Gasteiger partial charge in [-0.2, -0.15) is 0 Å². The molecule has 0 bridgehead atoms. The number of aromatic nitrogens is 2. The molecule has 1 atom stereocenters. The predicted octanol–water partition coefficient (Wildman–Crippen LogP) is 0.184. The molecule has 0 radical (unpaired) electrons. The van der Waals surface area contributed by atoms with E-state index in [0.717, 1.165) is 0 Å². The second-order valence-electron chi connectivity index (χ2n) is 4.09. The molecular weight excluding hydrogens is 252 g/mol. The van der Waals surface area contributed by atoms with Crippen molar-refractivity contribution in [3.05, 3.63) is 18.7 Å². The van der Waals surface area contributed by atoms with E-state index in [2.05, 4.69) is 15.3 Å². The summed E-state index contributed by atoms with van der Waals surface area (Å²) in [5.74, 6) is -0.941. The van der Waals surface area contributed by atoms with Crippen molar-refractivity contribution in [3.63, 3.8) is 0 Å². The highest BCUT2D eigenvalue weighted by Crippen LogP contribution is 2.11. The van der Waals surface area contributed by atoms with Crippen LogP contribution in [0.25, 0.3) is 0 Å². The predicted molar refractivity (Wildman–Crippen MR) is 64.6 cm³/mol. The molecule has 19 heavy (non-hydrogen) atoms. The number of rotatable bonds is 3. The molecular formula is C11H14N4O4. The Kier molecular flexibility index (Phi) is 4.24. The Hall–Kier alpha value is -2.22. The fourth-order valence-corrected chi connectivity index (χ4v) is 1.79. The standard InChI is InChI=1S/C11H14N4O4/c16-10(17)3-9-6-15(1-2-19-9)11(18)14-8-4-12-7-13-5-8/h4-5,7,9H,1-3,6H2,(H,14,18)(H,16,17). The SMILES string of the molecule is O=C(O)CC1CN(C(=O)Nc2cncnc2)CCO1. The molecule has 8 nitrogen and oxygen atoms in total. The van der Waals surface area contributed by atoms with Gasteiger partial charge in [0.2, 0.25) is 0 Å². The quantitative estimate of drug-likeness (QED) is 0.808. The third-order valence-electron chi connectivity index (χ3n) is 2.64. The highest BCUT2D eigenvalue weighted by Gasteiger charge is 2.25. The molecule has 2 heterocycles. The summed E-state index contributed by atoms with van der Waals surface area (Å²) in [4.78, 5) is 31.7. The Labute approximate surface area is 109 Å². The van der Waals surface area contributed by atoms with Crippen LogP contribution in [0, 0.1) is 0 Å². The number of aliphatic carboxylic acids is 1. The molecule has 1 unspecified atom stereocenters. The van der Waals surface area contributed by atoms with Gasteiger partial charge in [0.1, 0.15) is 6.33 Å². The summed E-state index contributed by atoms with van der Waals surface area (Å²) >= 11 is 0. The van der Waals surface area contributed by atoms with Gasteiger partial charge in [-0.3, -0.25) is 4.79 Å². The Balaban J connectivity index is 1.90. The van der Waals surface area contributed by atoms with Crippen LogP contribution >= 0.6 is 0 Å². The van der Waals surface area contributed by atoms with Gasteiger partial charge in [0.25, 0.3) is 0 Å². The van der Waals surface area contributed by atoms with Crippen LogP contribution in [0.1, 0.15) is 6.42 Å². The molecule has 2 N–H and O–H groups in total. The average molecular weight is 266 g/mol. The third kappa shape index (κ3) is 3.88. The van der Waals surface area contributed by atoms with Crippen LogP contribution in [0.3, 0.4) is 0 Å². The molecule has 2 rings (SSSR count). The zero-order valence-corrected chi connectivity index (χ0v) is 10.2. The molecule has 0 aromatic carbocycles. The highest BCUT2D eigenvalue weighted by molar-refractivity contribution is 5.89. The van der Waals surface area contributed by atoms with Gasteiger partial charge >= 0.3 is 12.0 Å². The van der Waals surface area contributed by atoms with Gasteiger partial charge < -0.3 is 20.1 Å². The summed E-state index contributed by atoms with van der Waals surface area (Å²) in [7, 11) is 0. The first-order valence-electron chi connectivity index (χ1n) is 5.79. The second-order valence-corrected chi connectivity index (χ2v) is 4.09. The summed E-state index contributed by atoms with van der Waals surface area (Å²) in [5.41, 5.74) is 0.494. The van der Waals surface area contributed by atoms with Crippen molar-refractivity contribution in [2.75, 3.05) is 25.0 Å². The third-order valence-corrected chi connectivity index (χ3v) is 2.64. The van der Waals surface area contributed by atoms with E-state index in [9.17, 15) is 9.59 Å². The first-order valence-corrected chi connectivity index (χ1v) is 5.79. The lowest BCUT2D eigenvalue weighted by atomic mass is 10.2. The maximum absolute atomic E-state index is 12.0. The van der Waals surface area contributed by atoms with E-state index in [4.69, 9.17) is 9.84 Å². The van der Waals surface area contributed by atoms with Crippen molar-refractivity contribution >= 4 is 17.7 Å². The van der Waals surface area contributed by atoms with E-state index < -0.39 is 12.1 Å². The Morgan fingerprint density at radius 1 is 1.47 bits per heavy atom. The second kappa shape index (κ2) is 6.10. The smallest absolute Gasteiger partial charge is 0.322 e. The molecule has 1 aliphatic rings. The fourth-order valence-electron chi connectivity index (χ4n) is 1.79. The van der Waals surface area contributed by atoms with Crippen molar-refractivity contribution in [1.29, 1.82) is 0 Å². The van der Waals surface area contributed by atoms with E-state index in [1.807, 2.05) is 0 Å². The monoisotopic (exact) mass is 266 g/mol. The van der Waals surface area contributed by atoms with E-state index in [-0.39, 0.29) is 19.0 Å². The molecule has 1 aromatic rings. The number of hydrogen-bond donors (Lipinski definition) is 2. The average Bonchev–Trinajstić information content (AvgIpc) is 2.39. The van der Waals surface area contributed by atoms with Gasteiger partial charge in [-0.1, -0.05) is 0 Å². The van der Waals surface area contributed by atoms with Crippen molar-refractivity contribution in [1.82, 2.24) is 14.9 Å². The fraction of sp³-hybridized carbons (Fsp3) is 0.455. The van der Waals surface area contributed by atoms with E-state index >= 15 is 0 Å². The van der Waals surface area contributed by atoms with Gasteiger partial charge in [-0.15, -0.1) is 0 Å². The number of urea groups is 1. The van der Waals surface area contributed by atoms with Crippen LogP contribution in [-0.4, -0.2) is 57.8 Å². The number of carboxylic acids is 1. The molecule has 8 heteroatoms. The van der Waals surface area contributed by atoms with E-state index in [1.165, 1.54) is 23.6 Å². The summed E-state index contributed by atoms with van der Waals surface area (Å²) < 4.78 is 5.29. The molecule has 1 aliphatic heterocycles. The zero-order valence-electron chi connectivity index (χ0n) is 10.2. The number of nitrogens with zero attached hydrogens (tertiary/aromatic N) is 3. The molecule has 0 spiro atoms. The summed E-state index contributed by atoms with van der Waals surface area (Å²) in [6, 6.07) is -0.312. The minimum Gasteiger partial charge on any atom is -0.481 e. The molecule has 0 saturated carbocycles. The minimum atomic E-state index is -0.941. The number of carbonyl (C=O) groups excluding carboxylic acids is 1. The van der Waals surface area contributed by atoms with Crippen molar-refractivity contribution in [2.24, 2.45) is 0 Å². The van der Waals surface area contributed by atoms with Crippen LogP contribution < -0.4 is 5.32 Å². The number of hydrogen-bond acceptors (Lipinski definition) is 5.